The maximum atomic E-state index is 11.7. The smallest absolute Gasteiger partial charge is 0.322 e. The van der Waals surface area contributed by atoms with Crippen LogP contribution in [-0.4, -0.2) is 36.5 Å². The summed E-state index contributed by atoms with van der Waals surface area (Å²) in [5, 5.41) is 3.38. The Morgan fingerprint density at radius 2 is 2.19 bits per heavy atom. The van der Waals surface area contributed by atoms with Crippen molar-refractivity contribution in [2.45, 2.75) is 19.4 Å². The molecule has 0 heterocycles. The number of anilines is 1. The average Bonchev–Trinajstić information content (AvgIpc) is 2.46. The molecule has 7 heteroatoms. The number of carbonyl (C=O) groups excluding carboxylic acids is 2. The third-order valence-electron chi connectivity index (χ3n) is 2.77. The number of amides is 1. The van der Waals surface area contributed by atoms with Crippen molar-refractivity contribution in [3.8, 4) is 0 Å². The van der Waals surface area contributed by atoms with E-state index in [9.17, 15) is 9.59 Å². The standard InChI is InChI=1S/C14H19ClN2O3S/c1-9-3-4-10(7-11(9)15)17-13(18)8-21-6-5-12(16)14(19)20-2/h3-4,7,12H,5-6,8,16H2,1-2H3,(H,17,18). The van der Waals surface area contributed by atoms with Gasteiger partial charge in [-0.05, 0) is 36.8 Å². The second-order valence-corrected chi connectivity index (χ2v) is 6.00. The number of nitrogens with two attached hydrogens (primary N) is 1. The Hall–Kier alpha value is -1.24. The normalized spacial score (nSPS) is 11.8. The maximum Gasteiger partial charge on any atom is 0.322 e. The van der Waals surface area contributed by atoms with Crippen molar-refractivity contribution in [3.05, 3.63) is 28.8 Å². The van der Waals surface area contributed by atoms with Crippen LogP contribution >= 0.6 is 23.4 Å². The number of esters is 1. The summed E-state index contributed by atoms with van der Waals surface area (Å²) >= 11 is 7.40. The molecule has 3 N–H and O–H groups in total. The number of hydrogen-bond acceptors (Lipinski definition) is 5. The molecule has 0 aliphatic rings. The summed E-state index contributed by atoms with van der Waals surface area (Å²) in [4.78, 5) is 22.8. The second kappa shape index (κ2) is 8.92. The molecule has 1 unspecified atom stereocenters. The van der Waals surface area contributed by atoms with E-state index in [1.807, 2.05) is 13.0 Å². The highest BCUT2D eigenvalue weighted by atomic mass is 35.5. The molecule has 1 rings (SSSR count). The zero-order valence-electron chi connectivity index (χ0n) is 12.0. The molecule has 1 aromatic carbocycles. The fourth-order valence-corrected chi connectivity index (χ4v) is 2.52. The van der Waals surface area contributed by atoms with Crippen molar-refractivity contribution in [2.24, 2.45) is 5.73 Å². The van der Waals surface area contributed by atoms with Gasteiger partial charge < -0.3 is 15.8 Å². The van der Waals surface area contributed by atoms with Crippen molar-refractivity contribution in [3.63, 3.8) is 0 Å². The molecule has 5 nitrogen and oxygen atoms in total. The van der Waals surface area contributed by atoms with E-state index in [-0.39, 0.29) is 5.91 Å². The minimum atomic E-state index is -0.638. The fourth-order valence-electron chi connectivity index (χ4n) is 1.51. The minimum absolute atomic E-state index is 0.119. The molecular weight excluding hydrogens is 312 g/mol. The molecule has 116 valence electrons. The average molecular weight is 331 g/mol. The molecule has 0 aliphatic carbocycles. The predicted octanol–water partition coefficient (Wildman–Crippen LogP) is 2.21. The highest BCUT2D eigenvalue weighted by molar-refractivity contribution is 7.99. The summed E-state index contributed by atoms with van der Waals surface area (Å²) in [7, 11) is 1.30. The summed E-state index contributed by atoms with van der Waals surface area (Å²) in [6.45, 7) is 1.90. The number of thioether (sulfide) groups is 1. The van der Waals surface area contributed by atoms with Crippen LogP contribution in [0.1, 0.15) is 12.0 Å². The van der Waals surface area contributed by atoms with Crippen LogP contribution in [0.4, 0.5) is 5.69 Å². The van der Waals surface area contributed by atoms with Gasteiger partial charge >= 0.3 is 5.97 Å². The van der Waals surface area contributed by atoms with Gasteiger partial charge in [-0.25, -0.2) is 0 Å². The van der Waals surface area contributed by atoms with E-state index < -0.39 is 12.0 Å². The Morgan fingerprint density at radius 3 is 2.81 bits per heavy atom. The van der Waals surface area contributed by atoms with Crippen molar-refractivity contribution < 1.29 is 14.3 Å². The lowest BCUT2D eigenvalue weighted by Crippen LogP contribution is -2.32. The molecule has 1 atom stereocenters. The number of carbonyl (C=O) groups is 2. The lowest BCUT2D eigenvalue weighted by atomic mass is 10.2. The molecule has 0 bridgehead atoms. The second-order valence-electron chi connectivity index (χ2n) is 4.48. The topological polar surface area (TPSA) is 81.4 Å². The van der Waals surface area contributed by atoms with Gasteiger partial charge in [0.05, 0.1) is 12.9 Å². The van der Waals surface area contributed by atoms with Crippen LogP contribution in [-0.2, 0) is 14.3 Å². The first-order valence-corrected chi connectivity index (χ1v) is 7.94. The maximum absolute atomic E-state index is 11.7. The van der Waals surface area contributed by atoms with E-state index in [1.165, 1.54) is 18.9 Å². The van der Waals surface area contributed by atoms with Gasteiger partial charge in [-0.3, -0.25) is 9.59 Å². The number of ether oxygens (including phenoxy) is 1. The van der Waals surface area contributed by atoms with Gasteiger partial charge in [-0.15, -0.1) is 0 Å². The molecule has 0 saturated heterocycles. The van der Waals surface area contributed by atoms with Crippen molar-refractivity contribution in [1.29, 1.82) is 0 Å². The third-order valence-corrected chi connectivity index (χ3v) is 4.16. The Balaban J connectivity index is 2.28. The van der Waals surface area contributed by atoms with E-state index in [1.54, 1.807) is 12.1 Å². The molecular formula is C14H19ClN2O3S. The summed E-state index contributed by atoms with van der Waals surface area (Å²) < 4.78 is 4.52. The SMILES string of the molecule is COC(=O)C(N)CCSCC(=O)Nc1ccc(C)c(Cl)c1. The number of hydrogen-bond donors (Lipinski definition) is 2. The molecule has 0 aromatic heterocycles. The van der Waals surface area contributed by atoms with Gasteiger partial charge in [-0.1, -0.05) is 17.7 Å². The van der Waals surface area contributed by atoms with Gasteiger partial charge in [0.1, 0.15) is 6.04 Å². The van der Waals surface area contributed by atoms with Gasteiger partial charge in [0.15, 0.2) is 0 Å². The largest absolute Gasteiger partial charge is 0.468 e. The van der Waals surface area contributed by atoms with Gasteiger partial charge in [0.25, 0.3) is 0 Å². The number of rotatable bonds is 7. The van der Waals surface area contributed by atoms with Gasteiger partial charge in [0, 0.05) is 10.7 Å². The van der Waals surface area contributed by atoms with Crippen LogP contribution in [0.15, 0.2) is 18.2 Å². The van der Waals surface area contributed by atoms with Crippen LogP contribution in [0.25, 0.3) is 0 Å². The van der Waals surface area contributed by atoms with Crippen LogP contribution < -0.4 is 11.1 Å². The predicted molar refractivity (Wildman–Crippen MR) is 86.8 cm³/mol. The quantitative estimate of drug-likeness (QED) is 0.591. The highest BCUT2D eigenvalue weighted by Gasteiger charge is 2.13. The van der Waals surface area contributed by atoms with E-state index >= 15 is 0 Å². The molecule has 0 fully saturated rings. The zero-order valence-corrected chi connectivity index (χ0v) is 13.6. The third kappa shape index (κ3) is 6.37. The first-order chi connectivity index (χ1) is 9.93. The summed E-state index contributed by atoms with van der Waals surface area (Å²) in [5.74, 6) is 0.346. The van der Waals surface area contributed by atoms with Gasteiger partial charge in [-0.2, -0.15) is 11.8 Å². The number of halogens is 1. The molecule has 21 heavy (non-hydrogen) atoms. The Labute approximate surface area is 133 Å². The molecule has 0 radical (unpaired) electrons. The first kappa shape index (κ1) is 17.8. The molecule has 1 aromatic rings. The van der Waals surface area contributed by atoms with E-state index in [2.05, 4.69) is 10.1 Å². The monoisotopic (exact) mass is 330 g/mol. The van der Waals surface area contributed by atoms with E-state index in [0.29, 0.717) is 28.6 Å². The number of nitrogens with one attached hydrogen (secondary N) is 1. The zero-order chi connectivity index (χ0) is 15.8. The summed E-state index contributed by atoms with van der Waals surface area (Å²) in [6.07, 6.45) is 0.473. The van der Waals surface area contributed by atoms with Crippen LogP contribution in [0, 0.1) is 6.92 Å². The molecule has 1 amide bonds. The van der Waals surface area contributed by atoms with Gasteiger partial charge in [0.2, 0.25) is 5.91 Å². The molecule has 0 saturated carbocycles. The van der Waals surface area contributed by atoms with Crippen LogP contribution in [0.5, 0.6) is 0 Å². The number of methoxy groups -OCH3 is 1. The number of benzene rings is 1. The van der Waals surface area contributed by atoms with Crippen LogP contribution in [0.2, 0.25) is 5.02 Å². The van der Waals surface area contributed by atoms with Crippen molar-refractivity contribution >= 4 is 40.9 Å². The number of aryl methyl sites for hydroxylation is 1. The van der Waals surface area contributed by atoms with E-state index in [0.717, 1.165) is 5.56 Å². The lowest BCUT2D eigenvalue weighted by Gasteiger charge is -2.09. The van der Waals surface area contributed by atoms with Crippen molar-refractivity contribution in [1.82, 2.24) is 0 Å². The van der Waals surface area contributed by atoms with E-state index in [4.69, 9.17) is 17.3 Å². The lowest BCUT2D eigenvalue weighted by molar-refractivity contribution is -0.142. The summed E-state index contributed by atoms with van der Waals surface area (Å²) in [6, 6.07) is 4.73. The molecule has 0 spiro atoms. The minimum Gasteiger partial charge on any atom is -0.468 e. The Morgan fingerprint density at radius 1 is 1.48 bits per heavy atom. The fraction of sp³-hybridized carbons (Fsp3) is 0.429. The summed E-state index contributed by atoms with van der Waals surface area (Å²) in [5.41, 5.74) is 7.22. The van der Waals surface area contributed by atoms with Crippen molar-refractivity contribution in [2.75, 3.05) is 23.9 Å². The van der Waals surface area contributed by atoms with Crippen LogP contribution in [0.3, 0.4) is 0 Å². The Bertz CT molecular complexity index is 511. The first-order valence-electron chi connectivity index (χ1n) is 6.41. The highest BCUT2D eigenvalue weighted by Crippen LogP contribution is 2.20. The Kier molecular flexibility index (Phi) is 7.56. The molecule has 0 aliphatic heterocycles.